The predicted octanol–water partition coefficient (Wildman–Crippen LogP) is 4.00. The van der Waals surface area contributed by atoms with Crippen LogP contribution in [0.5, 0.6) is 11.5 Å². The van der Waals surface area contributed by atoms with Crippen molar-refractivity contribution in [3.63, 3.8) is 0 Å². The number of carbonyl (C=O) groups excluding carboxylic acids is 1. The molecular formula is C24H24N4O3. The lowest BCUT2D eigenvalue weighted by Gasteiger charge is -2.26. The summed E-state index contributed by atoms with van der Waals surface area (Å²) >= 11 is 0. The number of benzene rings is 2. The minimum atomic E-state index is -0.198. The molecule has 0 unspecified atom stereocenters. The Balaban J connectivity index is 1.49. The van der Waals surface area contributed by atoms with E-state index in [0.717, 1.165) is 44.8 Å². The summed E-state index contributed by atoms with van der Waals surface area (Å²) in [6, 6.07) is 13.7. The number of aromatic amines is 2. The second-order valence-corrected chi connectivity index (χ2v) is 7.76. The molecule has 0 saturated carbocycles. The quantitative estimate of drug-likeness (QED) is 0.498. The highest BCUT2D eigenvalue weighted by Crippen LogP contribution is 2.40. The Kier molecular flexibility index (Phi) is 4.66. The van der Waals surface area contributed by atoms with Gasteiger partial charge in [-0.25, -0.2) is 0 Å². The molecule has 3 heterocycles. The summed E-state index contributed by atoms with van der Waals surface area (Å²) in [5, 5.41) is 8.38. The van der Waals surface area contributed by atoms with E-state index in [2.05, 4.69) is 15.2 Å². The van der Waals surface area contributed by atoms with Crippen LogP contribution in [-0.2, 0) is 6.42 Å². The first-order valence-corrected chi connectivity index (χ1v) is 10.2. The van der Waals surface area contributed by atoms with Gasteiger partial charge in [-0.1, -0.05) is 12.1 Å². The third-order valence-electron chi connectivity index (χ3n) is 6.05. The fourth-order valence-electron chi connectivity index (χ4n) is 4.47. The van der Waals surface area contributed by atoms with Gasteiger partial charge < -0.3 is 19.4 Å². The first-order chi connectivity index (χ1) is 15.1. The van der Waals surface area contributed by atoms with E-state index in [0.29, 0.717) is 18.7 Å². The Labute approximate surface area is 180 Å². The maximum absolute atomic E-state index is 13.3. The van der Waals surface area contributed by atoms with E-state index in [9.17, 15) is 4.79 Å². The van der Waals surface area contributed by atoms with E-state index < -0.39 is 0 Å². The molecule has 158 valence electrons. The van der Waals surface area contributed by atoms with E-state index in [4.69, 9.17) is 9.47 Å². The third kappa shape index (κ3) is 3.13. The molecular weight excluding hydrogens is 392 g/mol. The van der Waals surface area contributed by atoms with E-state index in [1.807, 2.05) is 60.5 Å². The third-order valence-corrected chi connectivity index (χ3v) is 6.05. The second-order valence-electron chi connectivity index (χ2n) is 7.76. The zero-order chi connectivity index (χ0) is 21.5. The molecule has 2 N–H and O–H groups in total. The number of ether oxygens (including phenoxy) is 2. The first-order valence-electron chi connectivity index (χ1n) is 10.2. The molecule has 2 aromatic carbocycles. The number of H-pyrrole nitrogens is 2. The molecule has 0 saturated heterocycles. The van der Waals surface area contributed by atoms with Crippen LogP contribution in [0, 0.1) is 6.92 Å². The predicted molar refractivity (Wildman–Crippen MR) is 118 cm³/mol. The van der Waals surface area contributed by atoms with Crippen molar-refractivity contribution < 1.29 is 14.3 Å². The molecule has 0 aliphatic carbocycles. The van der Waals surface area contributed by atoms with E-state index in [1.165, 1.54) is 0 Å². The van der Waals surface area contributed by atoms with Crippen molar-refractivity contribution in [1.82, 2.24) is 20.1 Å². The minimum absolute atomic E-state index is 0.0513. The second kappa shape index (κ2) is 7.50. The summed E-state index contributed by atoms with van der Waals surface area (Å²) in [5.74, 6) is 1.53. The van der Waals surface area contributed by atoms with Gasteiger partial charge in [0, 0.05) is 34.9 Å². The normalized spacial score (nSPS) is 15.5. The lowest BCUT2D eigenvalue weighted by atomic mass is 9.98. The monoisotopic (exact) mass is 416 g/mol. The topological polar surface area (TPSA) is 83.2 Å². The van der Waals surface area contributed by atoms with E-state index in [1.54, 1.807) is 14.2 Å². The van der Waals surface area contributed by atoms with Gasteiger partial charge in [0.05, 0.1) is 20.3 Å². The molecule has 0 radical (unpaired) electrons. The van der Waals surface area contributed by atoms with Gasteiger partial charge in [-0.3, -0.25) is 9.89 Å². The van der Waals surface area contributed by atoms with Gasteiger partial charge in [0.25, 0.3) is 5.91 Å². The van der Waals surface area contributed by atoms with Gasteiger partial charge in [-0.15, -0.1) is 0 Å². The van der Waals surface area contributed by atoms with Gasteiger partial charge in [0.2, 0.25) is 0 Å². The Bertz CT molecular complexity index is 1270. The van der Waals surface area contributed by atoms with Crippen LogP contribution in [-0.4, -0.2) is 46.8 Å². The minimum Gasteiger partial charge on any atom is -0.497 e. The highest BCUT2D eigenvalue weighted by molar-refractivity contribution is 5.98. The molecule has 7 heteroatoms. The summed E-state index contributed by atoms with van der Waals surface area (Å²) in [6.07, 6.45) is 2.72. The number of aryl methyl sites for hydroxylation is 1. The molecule has 0 fully saturated rings. The molecule has 4 aromatic rings. The van der Waals surface area contributed by atoms with Crippen LogP contribution in [0.4, 0.5) is 0 Å². The first kappa shape index (κ1) is 19.2. The summed E-state index contributed by atoms with van der Waals surface area (Å²) in [7, 11) is 3.31. The maximum Gasteiger partial charge on any atom is 0.275 e. The van der Waals surface area contributed by atoms with Crippen molar-refractivity contribution in [3.05, 3.63) is 76.7 Å². The molecule has 1 aliphatic heterocycles. The molecule has 7 nitrogen and oxygen atoms in total. The number of carbonyl (C=O) groups is 1. The number of nitrogens with one attached hydrogen (secondary N) is 2. The molecule has 0 spiro atoms. The van der Waals surface area contributed by atoms with Crippen LogP contribution in [0.15, 0.2) is 48.7 Å². The number of aromatic nitrogens is 3. The zero-order valence-electron chi connectivity index (χ0n) is 17.7. The molecule has 31 heavy (non-hydrogen) atoms. The van der Waals surface area contributed by atoms with Crippen molar-refractivity contribution in [2.45, 2.75) is 19.4 Å². The largest absolute Gasteiger partial charge is 0.497 e. The van der Waals surface area contributed by atoms with Crippen molar-refractivity contribution in [2.75, 3.05) is 20.8 Å². The number of fused-ring (bicyclic) bond motifs is 2. The number of nitrogens with zero attached hydrogens (tertiary/aromatic N) is 2. The van der Waals surface area contributed by atoms with Crippen LogP contribution in [0.2, 0.25) is 0 Å². The Morgan fingerprint density at radius 3 is 2.71 bits per heavy atom. The average molecular weight is 416 g/mol. The standard InChI is InChI=1S/C24H24N4O3/c1-14-21-22(27-26-14)24(29)28(23(21)15-5-4-6-17(11-15)30-2)10-9-16-13-25-20-8-7-18(31-3)12-19(16)20/h4-8,11-13,23,25H,9-10H2,1-3H3,(H,26,27)/t23-/m1/s1. The van der Waals surface area contributed by atoms with Crippen molar-refractivity contribution in [2.24, 2.45) is 0 Å². The van der Waals surface area contributed by atoms with E-state index in [-0.39, 0.29) is 11.9 Å². The van der Waals surface area contributed by atoms with Crippen LogP contribution < -0.4 is 9.47 Å². The number of rotatable bonds is 6. The van der Waals surface area contributed by atoms with Gasteiger partial charge in [0.1, 0.15) is 11.5 Å². The molecule has 1 aliphatic rings. The fraction of sp³-hybridized carbons (Fsp3) is 0.250. The zero-order valence-corrected chi connectivity index (χ0v) is 17.7. The lowest BCUT2D eigenvalue weighted by Crippen LogP contribution is -2.31. The summed E-state index contributed by atoms with van der Waals surface area (Å²) in [6.45, 7) is 2.53. The summed E-state index contributed by atoms with van der Waals surface area (Å²) in [4.78, 5) is 18.5. The van der Waals surface area contributed by atoms with Gasteiger partial charge in [0.15, 0.2) is 5.69 Å². The van der Waals surface area contributed by atoms with Crippen molar-refractivity contribution in [1.29, 1.82) is 0 Å². The van der Waals surface area contributed by atoms with Crippen LogP contribution in [0.3, 0.4) is 0 Å². The molecule has 5 rings (SSSR count). The Morgan fingerprint density at radius 1 is 1.10 bits per heavy atom. The number of methoxy groups -OCH3 is 2. The number of hydrogen-bond donors (Lipinski definition) is 2. The molecule has 1 amide bonds. The summed E-state index contributed by atoms with van der Waals surface area (Å²) in [5.41, 5.74) is 5.57. The van der Waals surface area contributed by atoms with Gasteiger partial charge in [-0.05, 0) is 54.8 Å². The van der Waals surface area contributed by atoms with Crippen LogP contribution in [0.1, 0.15) is 38.9 Å². The average Bonchev–Trinajstić information content (AvgIpc) is 3.46. The van der Waals surface area contributed by atoms with Gasteiger partial charge in [-0.2, -0.15) is 5.10 Å². The Hall–Kier alpha value is -3.74. The molecule has 1 atom stereocenters. The number of hydrogen-bond acceptors (Lipinski definition) is 4. The highest BCUT2D eigenvalue weighted by Gasteiger charge is 2.41. The molecule has 2 aromatic heterocycles. The van der Waals surface area contributed by atoms with Crippen molar-refractivity contribution in [3.8, 4) is 11.5 Å². The maximum atomic E-state index is 13.3. The summed E-state index contributed by atoms with van der Waals surface area (Å²) < 4.78 is 10.8. The molecule has 0 bridgehead atoms. The highest BCUT2D eigenvalue weighted by atomic mass is 16.5. The SMILES string of the molecule is COc1cccc([C@@H]2c3c(n[nH]c3C)C(=O)N2CCc2c[nH]c3ccc(OC)cc23)c1. The van der Waals surface area contributed by atoms with Crippen molar-refractivity contribution >= 4 is 16.8 Å². The smallest absolute Gasteiger partial charge is 0.275 e. The lowest BCUT2D eigenvalue weighted by molar-refractivity contribution is 0.0745. The fourth-order valence-corrected chi connectivity index (χ4v) is 4.47. The number of amides is 1. The van der Waals surface area contributed by atoms with E-state index >= 15 is 0 Å². The van der Waals surface area contributed by atoms with Gasteiger partial charge >= 0.3 is 0 Å². The van der Waals surface area contributed by atoms with Crippen LogP contribution >= 0.6 is 0 Å². The van der Waals surface area contributed by atoms with Crippen LogP contribution in [0.25, 0.3) is 10.9 Å². The Morgan fingerprint density at radius 2 is 1.90 bits per heavy atom.